The zero-order valence-electron chi connectivity index (χ0n) is 8.52. The SMILES string of the molecule is C=CCN1CCCC1c1ccccc1. The second-order valence-electron chi connectivity index (χ2n) is 3.85. The van der Waals surface area contributed by atoms with E-state index in [0.29, 0.717) is 6.04 Å². The van der Waals surface area contributed by atoms with Crippen LogP contribution in [0.25, 0.3) is 0 Å². The van der Waals surface area contributed by atoms with Gasteiger partial charge >= 0.3 is 0 Å². The predicted molar refractivity (Wildman–Crippen MR) is 60.2 cm³/mol. The summed E-state index contributed by atoms with van der Waals surface area (Å²) in [5.41, 5.74) is 1.45. The van der Waals surface area contributed by atoms with Gasteiger partial charge in [0.25, 0.3) is 0 Å². The smallest absolute Gasteiger partial charge is 0.0351 e. The topological polar surface area (TPSA) is 3.24 Å². The molecule has 0 aliphatic carbocycles. The number of benzene rings is 1. The fourth-order valence-corrected chi connectivity index (χ4v) is 2.26. The third kappa shape index (κ3) is 1.88. The average Bonchev–Trinajstić information content (AvgIpc) is 2.68. The first-order valence-corrected chi connectivity index (χ1v) is 5.31. The van der Waals surface area contributed by atoms with E-state index in [1.54, 1.807) is 0 Å². The fraction of sp³-hybridized carbons (Fsp3) is 0.385. The van der Waals surface area contributed by atoms with Gasteiger partial charge in [-0.1, -0.05) is 36.4 Å². The van der Waals surface area contributed by atoms with Gasteiger partial charge in [0, 0.05) is 12.6 Å². The summed E-state index contributed by atoms with van der Waals surface area (Å²) in [5.74, 6) is 0. The van der Waals surface area contributed by atoms with Gasteiger partial charge in [-0.25, -0.2) is 0 Å². The van der Waals surface area contributed by atoms with Gasteiger partial charge in [-0.2, -0.15) is 0 Å². The van der Waals surface area contributed by atoms with Gasteiger partial charge in [0.1, 0.15) is 0 Å². The highest BCUT2D eigenvalue weighted by molar-refractivity contribution is 5.20. The molecule has 1 aromatic carbocycles. The highest BCUT2D eigenvalue weighted by Gasteiger charge is 2.24. The summed E-state index contributed by atoms with van der Waals surface area (Å²) in [6, 6.07) is 11.4. The van der Waals surface area contributed by atoms with E-state index in [1.165, 1.54) is 24.9 Å². The molecule has 0 radical (unpaired) electrons. The fourth-order valence-electron chi connectivity index (χ4n) is 2.26. The number of likely N-dealkylation sites (tertiary alicyclic amines) is 1. The lowest BCUT2D eigenvalue weighted by Gasteiger charge is -2.23. The molecular weight excluding hydrogens is 170 g/mol. The van der Waals surface area contributed by atoms with E-state index in [9.17, 15) is 0 Å². The van der Waals surface area contributed by atoms with Crippen molar-refractivity contribution in [2.45, 2.75) is 18.9 Å². The number of rotatable bonds is 3. The third-order valence-corrected chi connectivity index (χ3v) is 2.91. The van der Waals surface area contributed by atoms with Crippen LogP contribution in [0.4, 0.5) is 0 Å². The maximum atomic E-state index is 3.81. The molecule has 1 aromatic rings. The van der Waals surface area contributed by atoms with Crippen molar-refractivity contribution in [1.82, 2.24) is 4.90 Å². The van der Waals surface area contributed by atoms with Crippen LogP contribution < -0.4 is 0 Å². The molecule has 0 aromatic heterocycles. The van der Waals surface area contributed by atoms with E-state index in [1.807, 2.05) is 6.08 Å². The molecule has 1 unspecified atom stereocenters. The van der Waals surface area contributed by atoms with Gasteiger partial charge in [-0.15, -0.1) is 6.58 Å². The molecule has 0 saturated carbocycles. The van der Waals surface area contributed by atoms with Crippen LogP contribution in [0.1, 0.15) is 24.4 Å². The van der Waals surface area contributed by atoms with Crippen molar-refractivity contribution in [3.8, 4) is 0 Å². The Kier molecular flexibility index (Phi) is 3.00. The zero-order chi connectivity index (χ0) is 9.80. The quantitative estimate of drug-likeness (QED) is 0.657. The van der Waals surface area contributed by atoms with Crippen LogP contribution in [0.3, 0.4) is 0 Å². The Morgan fingerprint density at radius 2 is 2.14 bits per heavy atom. The monoisotopic (exact) mass is 187 g/mol. The Morgan fingerprint density at radius 1 is 1.36 bits per heavy atom. The van der Waals surface area contributed by atoms with E-state index >= 15 is 0 Å². The van der Waals surface area contributed by atoms with Crippen LogP contribution in [0.15, 0.2) is 43.0 Å². The standard InChI is InChI=1S/C13H17N/c1-2-10-14-11-6-9-13(14)12-7-4-3-5-8-12/h2-5,7-8,13H,1,6,9-11H2. The lowest BCUT2D eigenvalue weighted by molar-refractivity contribution is 0.286. The van der Waals surface area contributed by atoms with Crippen LogP contribution in [0.5, 0.6) is 0 Å². The summed E-state index contributed by atoms with van der Waals surface area (Å²) >= 11 is 0. The minimum absolute atomic E-state index is 0.620. The second kappa shape index (κ2) is 4.43. The van der Waals surface area contributed by atoms with E-state index in [0.717, 1.165) is 6.54 Å². The molecule has 2 rings (SSSR count). The molecule has 0 spiro atoms. The van der Waals surface area contributed by atoms with Crippen LogP contribution in [0.2, 0.25) is 0 Å². The van der Waals surface area contributed by atoms with Gasteiger partial charge in [0.2, 0.25) is 0 Å². The van der Waals surface area contributed by atoms with Gasteiger partial charge in [-0.05, 0) is 24.9 Å². The maximum absolute atomic E-state index is 3.81. The first kappa shape index (κ1) is 9.47. The van der Waals surface area contributed by atoms with Crippen LogP contribution in [0, 0.1) is 0 Å². The van der Waals surface area contributed by atoms with Gasteiger partial charge < -0.3 is 0 Å². The molecule has 14 heavy (non-hydrogen) atoms. The van der Waals surface area contributed by atoms with Crippen LogP contribution in [-0.4, -0.2) is 18.0 Å². The lowest BCUT2D eigenvalue weighted by atomic mass is 10.0. The minimum atomic E-state index is 0.620. The summed E-state index contributed by atoms with van der Waals surface area (Å²) < 4.78 is 0. The first-order chi connectivity index (χ1) is 6.92. The van der Waals surface area contributed by atoms with E-state index in [2.05, 4.69) is 41.8 Å². The van der Waals surface area contributed by atoms with Crippen LogP contribution in [-0.2, 0) is 0 Å². The largest absolute Gasteiger partial charge is 0.293 e. The van der Waals surface area contributed by atoms with Crippen molar-refractivity contribution >= 4 is 0 Å². The maximum Gasteiger partial charge on any atom is 0.0351 e. The van der Waals surface area contributed by atoms with E-state index in [-0.39, 0.29) is 0 Å². The molecule has 1 heteroatoms. The van der Waals surface area contributed by atoms with E-state index < -0.39 is 0 Å². The number of nitrogens with zero attached hydrogens (tertiary/aromatic N) is 1. The molecule has 1 heterocycles. The molecule has 74 valence electrons. The third-order valence-electron chi connectivity index (χ3n) is 2.91. The molecule has 1 saturated heterocycles. The number of hydrogen-bond acceptors (Lipinski definition) is 1. The Labute approximate surface area is 86.1 Å². The molecule has 0 N–H and O–H groups in total. The van der Waals surface area contributed by atoms with Gasteiger partial charge in [0.15, 0.2) is 0 Å². The Morgan fingerprint density at radius 3 is 2.86 bits per heavy atom. The molecule has 0 bridgehead atoms. The molecule has 1 atom stereocenters. The summed E-state index contributed by atoms with van der Waals surface area (Å²) in [4.78, 5) is 2.50. The highest BCUT2D eigenvalue weighted by atomic mass is 15.2. The Balaban J connectivity index is 2.13. The number of hydrogen-bond donors (Lipinski definition) is 0. The van der Waals surface area contributed by atoms with Crippen molar-refractivity contribution in [1.29, 1.82) is 0 Å². The molecule has 1 aliphatic heterocycles. The molecule has 1 fully saturated rings. The van der Waals surface area contributed by atoms with Crippen molar-refractivity contribution in [3.05, 3.63) is 48.6 Å². The molecule has 1 nitrogen and oxygen atoms in total. The normalized spacial score (nSPS) is 22.4. The average molecular weight is 187 g/mol. The summed E-state index contributed by atoms with van der Waals surface area (Å²) in [6.07, 6.45) is 4.60. The minimum Gasteiger partial charge on any atom is -0.293 e. The van der Waals surface area contributed by atoms with Gasteiger partial charge in [-0.3, -0.25) is 4.90 Å². The second-order valence-corrected chi connectivity index (χ2v) is 3.85. The zero-order valence-corrected chi connectivity index (χ0v) is 8.52. The van der Waals surface area contributed by atoms with Crippen molar-refractivity contribution in [2.24, 2.45) is 0 Å². The van der Waals surface area contributed by atoms with Crippen molar-refractivity contribution in [2.75, 3.05) is 13.1 Å². The lowest BCUT2D eigenvalue weighted by Crippen LogP contribution is -2.22. The van der Waals surface area contributed by atoms with E-state index in [4.69, 9.17) is 0 Å². The molecular formula is C13H17N. The summed E-state index contributed by atoms with van der Waals surface area (Å²) in [7, 11) is 0. The predicted octanol–water partition coefficient (Wildman–Crippen LogP) is 3.01. The van der Waals surface area contributed by atoms with Crippen molar-refractivity contribution in [3.63, 3.8) is 0 Å². The molecule has 1 aliphatic rings. The highest BCUT2D eigenvalue weighted by Crippen LogP contribution is 2.31. The summed E-state index contributed by atoms with van der Waals surface area (Å²) in [5, 5.41) is 0. The first-order valence-electron chi connectivity index (χ1n) is 5.31. The Hall–Kier alpha value is -1.08. The van der Waals surface area contributed by atoms with Crippen LogP contribution >= 0.6 is 0 Å². The van der Waals surface area contributed by atoms with Gasteiger partial charge in [0.05, 0.1) is 0 Å². The summed E-state index contributed by atoms with van der Waals surface area (Å²) in [6.45, 7) is 6.04. The Bertz CT molecular complexity index is 291. The van der Waals surface area contributed by atoms with Crippen molar-refractivity contribution < 1.29 is 0 Å². The molecule has 0 amide bonds.